The highest BCUT2D eigenvalue weighted by Gasteiger charge is 2.19. The van der Waals surface area contributed by atoms with Crippen LogP contribution in [0.1, 0.15) is 30.2 Å². The summed E-state index contributed by atoms with van der Waals surface area (Å²) < 4.78 is 5.95. The quantitative estimate of drug-likeness (QED) is 0.788. The summed E-state index contributed by atoms with van der Waals surface area (Å²) in [6, 6.07) is 12.0. The average Bonchev–Trinajstić information content (AvgIpc) is 2.88. The molecule has 0 bridgehead atoms. The van der Waals surface area contributed by atoms with Gasteiger partial charge in [0.25, 0.3) is 0 Å². The molecule has 1 aromatic carbocycles. The van der Waals surface area contributed by atoms with Gasteiger partial charge >= 0.3 is 0 Å². The van der Waals surface area contributed by atoms with Gasteiger partial charge in [0.2, 0.25) is 0 Å². The fraction of sp³-hybridized carbons (Fsp3) is 0.250. The second kappa shape index (κ2) is 5.43. The van der Waals surface area contributed by atoms with Crippen LogP contribution in [0.4, 0.5) is 0 Å². The van der Waals surface area contributed by atoms with Crippen LogP contribution in [-0.4, -0.2) is 16.5 Å². The molecule has 0 aliphatic rings. The topological polar surface area (TPSA) is 51.0 Å². The number of nitrogens with zero attached hydrogens (tertiary/aromatic N) is 2. The van der Waals surface area contributed by atoms with E-state index < -0.39 is 0 Å². The van der Waals surface area contributed by atoms with E-state index in [0.717, 1.165) is 34.8 Å². The fourth-order valence-corrected chi connectivity index (χ4v) is 2.33. The van der Waals surface area contributed by atoms with Crippen molar-refractivity contribution in [2.45, 2.75) is 19.9 Å². The summed E-state index contributed by atoms with van der Waals surface area (Å²) in [6.07, 6.45) is 1.78. The molecule has 20 heavy (non-hydrogen) atoms. The largest absolute Gasteiger partial charge is 0.459 e. The van der Waals surface area contributed by atoms with Gasteiger partial charge in [-0.1, -0.05) is 25.1 Å². The Morgan fingerprint density at radius 2 is 2.10 bits per heavy atom. The maximum absolute atomic E-state index is 5.95. The zero-order valence-corrected chi connectivity index (χ0v) is 11.6. The van der Waals surface area contributed by atoms with Crippen LogP contribution in [0.3, 0.4) is 0 Å². The van der Waals surface area contributed by atoms with E-state index in [2.05, 4.69) is 34.3 Å². The molecule has 0 aliphatic heterocycles. The van der Waals surface area contributed by atoms with E-state index in [0.29, 0.717) is 0 Å². The summed E-state index contributed by atoms with van der Waals surface area (Å²) in [5.74, 6) is 1.65. The summed E-state index contributed by atoms with van der Waals surface area (Å²) in [4.78, 5) is 8.65. The van der Waals surface area contributed by atoms with Crippen molar-refractivity contribution in [2.24, 2.45) is 0 Å². The van der Waals surface area contributed by atoms with Crippen molar-refractivity contribution in [3.8, 4) is 0 Å². The lowest BCUT2D eigenvalue weighted by Crippen LogP contribution is -2.22. The van der Waals surface area contributed by atoms with E-state index >= 15 is 0 Å². The maximum Gasteiger partial charge on any atom is 0.134 e. The molecule has 3 aromatic rings. The minimum Gasteiger partial charge on any atom is -0.459 e. The third-order valence-corrected chi connectivity index (χ3v) is 3.23. The van der Waals surface area contributed by atoms with Gasteiger partial charge in [0.05, 0.1) is 5.69 Å². The standard InChI is InChI=1S/C16H17N3O/c1-3-17-16(13-8-9-18-11(2)19-13)15-10-12-6-4-5-7-14(12)20-15/h4-10,16-17H,3H2,1-2H3. The number of hydrogen-bond donors (Lipinski definition) is 1. The Balaban J connectivity index is 2.05. The molecule has 102 valence electrons. The second-order valence-electron chi connectivity index (χ2n) is 4.71. The SMILES string of the molecule is CCNC(c1ccnc(C)n1)c1cc2ccccc2o1. The van der Waals surface area contributed by atoms with E-state index in [1.165, 1.54) is 0 Å². The summed E-state index contributed by atoms with van der Waals surface area (Å²) >= 11 is 0. The highest BCUT2D eigenvalue weighted by Crippen LogP contribution is 2.27. The Labute approximate surface area is 117 Å². The molecule has 3 rings (SSSR count). The predicted octanol–water partition coefficient (Wildman–Crippen LogP) is 3.23. The van der Waals surface area contributed by atoms with Gasteiger partial charge in [0.15, 0.2) is 0 Å². The van der Waals surface area contributed by atoms with Crippen molar-refractivity contribution in [3.05, 3.63) is 59.9 Å². The van der Waals surface area contributed by atoms with E-state index in [9.17, 15) is 0 Å². The maximum atomic E-state index is 5.95. The molecule has 0 aliphatic carbocycles. The van der Waals surface area contributed by atoms with Crippen LogP contribution < -0.4 is 5.32 Å². The Morgan fingerprint density at radius 3 is 2.85 bits per heavy atom. The molecule has 4 nitrogen and oxygen atoms in total. The molecule has 0 spiro atoms. The zero-order valence-electron chi connectivity index (χ0n) is 11.6. The number of hydrogen-bond acceptors (Lipinski definition) is 4. The minimum atomic E-state index is -0.0471. The van der Waals surface area contributed by atoms with Crippen molar-refractivity contribution in [2.75, 3.05) is 6.54 Å². The number of aryl methyl sites for hydroxylation is 1. The highest BCUT2D eigenvalue weighted by atomic mass is 16.3. The monoisotopic (exact) mass is 267 g/mol. The molecular formula is C16H17N3O. The number of aromatic nitrogens is 2. The van der Waals surface area contributed by atoms with E-state index in [1.807, 2.05) is 31.2 Å². The smallest absolute Gasteiger partial charge is 0.134 e. The van der Waals surface area contributed by atoms with E-state index in [-0.39, 0.29) is 6.04 Å². The summed E-state index contributed by atoms with van der Waals surface area (Å²) in [5, 5.41) is 4.53. The van der Waals surface area contributed by atoms with Crippen molar-refractivity contribution >= 4 is 11.0 Å². The fourth-order valence-electron chi connectivity index (χ4n) is 2.33. The van der Waals surface area contributed by atoms with Crippen LogP contribution in [0.2, 0.25) is 0 Å². The van der Waals surface area contributed by atoms with Gasteiger partial charge < -0.3 is 9.73 Å². The third-order valence-electron chi connectivity index (χ3n) is 3.23. The lowest BCUT2D eigenvalue weighted by molar-refractivity contribution is 0.470. The van der Waals surface area contributed by atoms with E-state index in [1.54, 1.807) is 6.20 Å². The van der Waals surface area contributed by atoms with E-state index in [4.69, 9.17) is 4.42 Å². The molecule has 0 saturated carbocycles. The predicted molar refractivity (Wildman–Crippen MR) is 78.5 cm³/mol. The Kier molecular flexibility index (Phi) is 3.48. The molecular weight excluding hydrogens is 250 g/mol. The van der Waals surface area contributed by atoms with Gasteiger partial charge in [0.1, 0.15) is 23.2 Å². The molecule has 0 amide bonds. The van der Waals surface area contributed by atoms with Crippen LogP contribution in [0.5, 0.6) is 0 Å². The van der Waals surface area contributed by atoms with Crippen molar-refractivity contribution in [1.29, 1.82) is 0 Å². The number of benzene rings is 1. The van der Waals surface area contributed by atoms with Crippen LogP contribution in [-0.2, 0) is 0 Å². The number of rotatable bonds is 4. The molecule has 2 aromatic heterocycles. The molecule has 1 atom stereocenters. The second-order valence-corrected chi connectivity index (χ2v) is 4.71. The first-order chi connectivity index (χ1) is 9.78. The molecule has 2 heterocycles. The lowest BCUT2D eigenvalue weighted by atomic mass is 10.1. The third kappa shape index (κ3) is 2.42. The molecule has 0 saturated heterocycles. The number of nitrogens with one attached hydrogen (secondary N) is 1. The van der Waals surface area contributed by atoms with Gasteiger partial charge in [-0.3, -0.25) is 0 Å². The van der Waals surface area contributed by atoms with Gasteiger partial charge in [-0.05, 0) is 31.7 Å². The molecule has 4 heteroatoms. The Hall–Kier alpha value is -2.20. The van der Waals surface area contributed by atoms with Crippen molar-refractivity contribution in [1.82, 2.24) is 15.3 Å². The molecule has 1 unspecified atom stereocenters. The molecule has 1 N–H and O–H groups in total. The Morgan fingerprint density at radius 1 is 1.25 bits per heavy atom. The van der Waals surface area contributed by atoms with Crippen molar-refractivity contribution in [3.63, 3.8) is 0 Å². The van der Waals surface area contributed by atoms with Gasteiger partial charge in [-0.25, -0.2) is 9.97 Å². The zero-order chi connectivity index (χ0) is 13.9. The highest BCUT2D eigenvalue weighted by molar-refractivity contribution is 5.77. The first-order valence-electron chi connectivity index (χ1n) is 6.79. The summed E-state index contributed by atoms with van der Waals surface area (Å²) in [6.45, 7) is 4.81. The number of para-hydroxylation sites is 1. The van der Waals surface area contributed by atoms with Crippen molar-refractivity contribution < 1.29 is 4.42 Å². The van der Waals surface area contributed by atoms with Gasteiger partial charge in [-0.15, -0.1) is 0 Å². The first kappa shape index (κ1) is 12.8. The van der Waals surface area contributed by atoms with Crippen LogP contribution in [0, 0.1) is 6.92 Å². The molecule has 0 radical (unpaired) electrons. The van der Waals surface area contributed by atoms with Gasteiger partial charge in [-0.2, -0.15) is 0 Å². The van der Waals surface area contributed by atoms with Crippen LogP contribution in [0.25, 0.3) is 11.0 Å². The number of fused-ring (bicyclic) bond motifs is 1. The van der Waals surface area contributed by atoms with Crippen LogP contribution >= 0.6 is 0 Å². The van der Waals surface area contributed by atoms with Gasteiger partial charge in [0, 0.05) is 11.6 Å². The normalized spacial score (nSPS) is 12.7. The average molecular weight is 267 g/mol. The minimum absolute atomic E-state index is 0.0471. The van der Waals surface area contributed by atoms with Crippen LogP contribution in [0.15, 0.2) is 47.0 Å². The summed E-state index contributed by atoms with van der Waals surface area (Å²) in [5.41, 5.74) is 1.83. The Bertz CT molecular complexity index is 687. The lowest BCUT2D eigenvalue weighted by Gasteiger charge is -2.14. The number of furan rings is 1. The summed E-state index contributed by atoms with van der Waals surface area (Å²) in [7, 11) is 0. The molecule has 0 fully saturated rings. The first-order valence-corrected chi connectivity index (χ1v) is 6.79.